The highest BCUT2D eigenvalue weighted by atomic mass is 32.1. The number of thiocarbonyl (C=S) groups is 1. The molecule has 0 aromatic rings. The Bertz CT molecular complexity index is 267. The highest BCUT2D eigenvalue weighted by Crippen LogP contribution is 2.50. The minimum atomic E-state index is 0.449. The fourth-order valence-corrected chi connectivity index (χ4v) is 2.76. The summed E-state index contributed by atoms with van der Waals surface area (Å²) in [5, 5.41) is 0. The molecule has 2 aliphatic carbocycles. The Balaban J connectivity index is 1.86. The van der Waals surface area contributed by atoms with E-state index in [2.05, 4.69) is 18.7 Å². The van der Waals surface area contributed by atoms with Crippen LogP contribution in [0.3, 0.4) is 0 Å². The van der Waals surface area contributed by atoms with E-state index in [1.165, 1.54) is 38.8 Å². The summed E-state index contributed by atoms with van der Waals surface area (Å²) in [6.07, 6.45) is 6.46. The Hall–Kier alpha value is -0.150. The number of nitrogens with two attached hydrogens (primary N) is 1. The van der Waals surface area contributed by atoms with Gasteiger partial charge in [0, 0.05) is 25.6 Å². The van der Waals surface area contributed by atoms with Gasteiger partial charge in [-0.15, -0.1) is 0 Å². The predicted molar refractivity (Wildman–Crippen MR) is 72.5 cm³/mol. The van der Waals surface area contributed by atoms with E-state index in [0.717, 1.165) is 12.3 Å². The van der Waals surface area contributed by atoms with Crippen LogP contribution in [0.2, 0.25) is 0 Å². The van der Waals surface area contributed by atoms with Gasteiger partial charge in [-0.25, -0.2) is 0 Å². The first-order valence-corrected chi connectivity index (χ1v) is 6.94. The maximum atomic E-state index is 5.70. The smallest absolute Gasteiger partial charge is 0.0733 e. The highest BCUT2D eigenvalue weighted by Gasteiger charge is 2.44. The van der Waals surface area contributed by atoms with E-state index in [1.54, 1.807) is 0 Å². The van der Waals surface area contributed by atoms with Gasteiger partial charge in [0.1, 0.15) is 0 Å². The van der Waals surface area contributed by atoms with Gasteiger partial charge in [0.15, 0.2) is 0 Å². The molecule has 0 aromatic carbocycles. The zero-order chi connectivity index (χ0) is 11.8. The maximum Gasteiger partial charge on any atom is 0.0733 e. The van der Waals surface area contributed by atoms with Crippen molar-refractivity contribution in [2.24, 2.45) is 17.1 Å². The minimum Gasteiger partial charge on any atom is -0.393 e. The summed E-state index contributed by atoms with van der Waals surface area (Å²) in [6.45, 7) is 7.10. The van der Waals surface area contributed by atoms with Crippen LogP contribution in [-0.2, 0) is 0 Å². The van der Waals surface area contributed by atoms with Gasteiger partial charge in [-0.2, -0.15) is 0 Å². The molecule has 0 saturated heterocycles. The lowest BCUT2D eigenvalue weighted by atomic mass is 10.0. The van der Waals surface area contributed by atoms with E-state index >= 15 is 0 Å². The standard InChI is InChI=1S/C13H24N2S/c1-10(2)15(8-11-3-4-11)9-13(5-6-13)7-12(14)16/h10-11H,3-9H2,1-2H3,(H2,14,16). The van der Waals surface area contributed by atoms with Crippen LogP contribution >= 0.6 is 12.2 Å². The molecule has 2 rings (SSSR count). The zero-order valence-corrected chi connectivity index (χ0v) is 11.4. The molecule has 0 spiro atoms. The van der Waals surface area contributed by atoms with Crippen molar-refractivity contribution in [2.45, 2.75) is 52.0 Å². The highest BCUT2D eigenvalue weighted by molar-refractivity contribution is 7.80. The molecule has 16 heavy (non-hydrogen) atoms. The zero-order valence-electron chi connectivity index (χ0n) is 10.5. The first-order valence-electron chi connectivity index (χ1n) is 6.53. The van der Waals surface area contributed by atoms with Gasteiger partial charge in [0.05, 0.1) is 4.99 Å². The molecule has 0 heterocycles. The van der Waals surface area contributed by atoms with Gasteiger partial charge in [-0.3, -0.25) is 0 Å². The molecule has 0 atom stereocenters. The summed E-state index contributed by atoms with van der Waals surface area (Å²) in [4.78, 5) is 3.34. The Morgan fingerprint density at radius 3 is 2.44 bits per heavy atom. The molecule has 0 bridgehead atoms. The summed E-state index contributed by atoms with van der Waals surface area (Å²) in [5.41, 5.74) is 6.15. The predicted octanol–water partition coefficient (Wildman–Crippen LogP) is 2.56. The lowest BCUT2D eigenvalue weighted by Gasteiger charge is -2.30. The number of nitrogens with zero attached hydrogens (tertiary/aromatic N) is 1. The van der Waals surface area contributed by atoms with Crippen LogP contribution in [0.25, 0.3) is 0 Å². The molecule has 92 valence electrons. The fourth-order valence-electron chi connectivity index (χ4n) is 2.46. The fraction of sp³-hybridized carbons (Fsp3) is 0.923. The molecule has 0 amide bonds. The van der Waals surface area contributed by atoms with Crippen LogP contribution in [0.1, 0.15) is 46.0 Å². The molecule has 0 radical (unpaired) electrons. The average Bonchev–Trinajstić information content (AvgIpc) is 3.02. The lowest BCUT2D eigenvalue weighted by Crippen LogP contribution is -2.38. The third-order valence-electron chi connectivity index (χ3n) is 3.96. The second-order valence-electron chi connectivity index (χ2n) is 6.11. The monoisotopic (exact) mass is 240 g/mol. The largest absolute Gasteiger partial charge is 0.393 e. The summed E-state index contributed by atoms with van der Waals surface area (Å²) in [5.74, 6) is 0.975. The van der Waals surface area contributed by atoms with Gasteiger partial charge in [-0.1, -0.05) is 12.2 Å². The number of rotatable bonds is 7. The average molecular weight is 240 g/mol. The van der Waals surface area contributed by atoms with Crippen molar-refractivity contribution < 1.29 is 0 Å². The van der Waals surface area contributed by atoms with Gasteiger partial charge in [0.2, 0.25) is 0 Å². The summed E-state index contributed by atoms with van der Waals surface area (Å²) in [7, 11) is 0. The minimum absolute atomic E-state index is 0.449. The molecule has 2 fully saturated rings. The van der Waals surface area contributed by atoms with Crippen LogP contribution in [0, 0.1) is 11.3 Å². The maximum absolute atomic E-state index is 5.70. The van der Waals surface area contributed by atoms with E-state index in [0.29, 0.717) is 16.4 Å². The quantitative estimate of drug-likeness (QED) is 0.694. The molecular weight excluding hydrogens is 216 g/mol. The van der Waals surface area contributed by atoms with Crippen molar-refractivity contribution >= 4 is 17.2 Å². The van der Waals surface area contributed by atoms with Crippen molar-refractivity contribution in [1.29, 1.82) is 0 Å². The number of hydrogen-bond donors (Lipinski definition) is 1. The van der Waals surface area contributed by atoms with Crippen LogP contribution in [0.4, 0.5) is 0 Å². The molecule has 0 unspecified atom stereocenters. The first-order chi connectivity index (χ1) is 7.51. The third-order valence-corrected chi connectivity index (χ3v) is 4.11. The van der Waals surface area contributed by atoms with Gasteiger partial charge >= 0.3 is 0 Å². The first kappa shape index (κ1) is 12.3. The second kappa shape index (κ2) is 4.61. The molecule has 2 nitrogen and oxygen atoms in total. The molecular formula is C13H24N2S. The van der Waals surface area contributed by atoms with E-state index < -0.39 is 0 Å². The van der Waals surface area contributed by atoms with E-state index in [4.69, 9.17) is 18.0 Å². The normalized spacial score (nSPS) is 22.8. The summed E-state index contributed by atoms with van der Waals surface area (Å²) >= 11 is 5.06. The van der Waals surface area contributed by atoms with Gasteiger partial charge in [-0.05, 0) is 50.9 Å². The molecule has 2 saturated carbocycles. The van der Waals surface area contributed by atoms with Crippen molar-refractivity contribution in [3.05, 3.63) is 0 Å². The third kappa shape index (κ3) is 3.42. The van der Waals surface area contributed by atoms with Crippen LogP contribution in [0.15, 0.2) is 0 Å². The van der Waals surface area contributed by atoms with Crippen LogP contribution < -0.4 is 5.73 Å². The topological polar surface area (TPSA) is 29.3 Å². The summed E-state index contributed by atoms with van der Waals surface area (Å²) in [6, 6.07) is 0.657. The molecule has 3 heteroatoms. The van der Waals surface area contributed by atoms with E-state index in [-0.39, 0.29) is 0 Å². The van der Waals surface area contributed by atoms with E-state index in [9.17, 15) is 0 Å². The van der Waals surface area contributed by atoms with E-state index in [1.807, 2.05) is 0 Å². The molecule has 0 aromatic heterocycles. The van der Waals surface area contributed by atoms with Crippen molar-refractivity contribution in [3.8, 4) is 0 Å². The Kier molecular flexibility index (Phi) is 3.55. The van der Waals surface area contributed by atoms with Gasteiger partial charge < -0.3 is 10.6 Å². The Labute approximate surface area is 105 Å². The van der Waals surface area contributed by atoms with Crippen LogP contribution in [-0.4, -0.2) is 29.0 Å². The van der Waals surface area contributed by atoms with Crippen LogP contribution in [0.5, 0.6) is 0 Å². The second-order valence-corrected chi connectivity index (χ2v) is 6.63. The SMILES string of the molecule is CC(C)N(CC1CC1)CC1(CC(N)=S)CC1. The van der Waals surface area contributed by atoms with Crippen molar-refractivity contribution in [2.75, 3.05) is 13.1 Å². The van der Waals surface area contributed by atoms with Gasteiger partial charge in [0.25, 0.3) is 0 Å². The molecule has 2 N–H and O–H groups in total. The Morgan fingerprint density at radius 2 is 2.06 bits per heavy atom. The lowest BCUT2D eigenvalue weighted by molar-refractivity contribution is 0.172. The molecule has 2 aliphatic rings. The molecule has 0 aliphatic heterocycles. The summed E-state index contributed by atoms with van der Waals surface area (Å²) < 4.78 is 0. The van der Waals surface area contributed by atoms with Crippen molar-refractivity contribution in [3.63, 3.8) is 0 Å². The Morgan fingerprint density at radius 1 is 1.44 bits per heavy atom. The van der Waals surface area contributed by atoms with Crippen molar-refractivity contribution in [1.82, 2.24) is 4.90 Å². The number of hydrogen-bond acceptors (Lipinski definition) is 2.